The largest absolute Gasteiger partial charge is 0.312 e. The average Bonchev–Trinajstić information content (AvgIpc) is 3.02. The third-order valence-corrected chi connectivity index (χ3v) is 5.63. The van der Waals surface area contributed by atoms with Crippen molar-refractivity contribution in [3.8, 4) is 0 Å². The van der Waals surface area contributed by atoms with E-state index < -0.39 is 0 Å². The zero-order chi connectivity index (χ0) is 18.8. The van der Waals surface area contributed by atoms with Gasteiger partial charge in [-0.25, -0.2) is 0 Å². The Balaban J connectivity index is 0.00000225. The summed E-state index contributed by atoms with van der Waals surface area (Å²) in [5, 5.41) is 10.8. The van der Waals surface area contributed by atoms with Crippen molar-refractivity contribution >= 4 is 40.1 Å². The van der Waals surface area contributed by atoms with E-state index in [0.717, 1.165) is 35.2 Å². The van der Waals surface area contributed by atoms with Crippen molar-refractivity contribution in [2.75, 3.05) is 11.9 Å². The van der Waals surface area contributed by atoms with E-state index in [-0.39, 0.29) is 18.3 Å². The quantitative estimate of drug-likeness (QED) is 0.608. The normalized spacial score (nSPS) is 12.8. The van der Waals surface area contributed by atoms with Crippen LogP contribution in [0.5, 0.6) is 0 Å². The molecule has 2 N–H and O–H groups in total. The number of halogens is 2. The molecule has 3 aromatic rings. The summed E-state index contributed by atoms with van der Waals surface area (Å²) in [6.07, 6.45) is 0.955. The van der Waals surface area contributed by atoms with Crippen LogP contribution in [0.3, 0.4) is 0 Å². The van der Waals surface area contributed by atoms with E-state index in [1.807, 2.05) is 54.1 Å². The first kappa shape index (κ1) is 20.6. The van der Waals surface area contributed by atoms with Gasteiger partial charge in [-0.15, -0.1) is 12.4 Å². The number of fused-ring (bicyclic) bond motifs is 1. The number of amides is 1. The Morgan fingerprint density at radius 1 is 1.21 bits per heavy atom. The predicted molar refractivity (Wildman–Crippen MR) is 117 cm³/mol. The number of carbonyl (C=O) groups excluding carboxylic acids is 1. The molecule has 0 bridgehead atoms. The highest BCUT2D eigenvalue weighted by molar-refractivity contribution is 9.10. The van der Waals surface area contributed by atoms with Crippen LogP contribution in [0.1, 0.15) is 32.7 Å². The van der Waals surface area contributed by atoms with Crippen LogP contribution in [0.15, 0.2) is 53.0 Å². The number of benzene rings is 2. The molecule has 4 rings (SSSR count). The minimum Gasteiger partial charge on any atom is -0.312 e. The van der Waals surface area contributed by atoms with Crippen molar-refractivity contribution < 1.29 is 4.79 Å². The molecule has 0 spiro atoms. The molecule has 0 saturated heterocycles. The van der Waals surface area contributed by atoms with Crippen molar-refractivity contribution in [3.63, 3.8) is 0 Å². The lowest BCUT2D eigenvalue weighted by molar-refractivity contribution is 0.102. The van der Waals surface area contributed by atoms with Crippen LogP contribution in [0.2, 0.25) is 0 Å². The maximum absolute atomic E-state index is 12.6. The van der Waals surface area contributed by atoms with Crippen LogP contribution in [0.4, 0.5) is 5.82 Å². The Kier molecular flexibility index (Phi) is 6.54. The fourth-order valence-corrected chi connectivity index (χ4v) is 3.74. The summed E-state index contributed by atoms with van der Waals surface area (Å²) in [4.78, 5) is 12.6. The fraction of sp³-hybridized carbons (Fsp3) is 0.238. The number of aryl methyl sites for hydroxylation is 1. The van der Waals surface area contributed by atoms with E-state index in [9.17, 15) is 4.79 Å². The first-order valence-electron chi connectivity index (χ1n) is 9.02. The zero-order valence-electron chi connectivity index (χ0n) is 15.5. The van der Waals surface area contributed by atoms with E-state index in [2.05, 4.69) is 37.7 Å². The molecule has 0 saturated carbocycles. The summed E-state index contributed by atoms with van der Waals surface area (Å²) < 4.78 is 2.95. The Labute approximate surface area is 179 Å². The lowest BCUT2D eigenvalue weighted by Gasteiger charge is -2.17. The maximum atomic E-state index is 12.6. The minimum atomic E-state index is -0.123. The molecule has 2 aromatic carbocycles. The molecule has 1 aliphatic heterocycles. The Bertz CT molecular complexity index is 1000. The highest BCUT2D eigenvalue weighted by Crippen LogP contribution is 2.20. The van der Waals surface area contributed by atoms with Crippen LogP contribution in [-0.2, 0) is 19.5 Å². The summed E-state index contributed by atoms with van der Waals surface area (Å²) in [7, 11) is 0. The summed E-state index contributed by atoms with van der Waals surface area (Å²) in [6, 6.07) is 15.9. The van der Waals surface area contributed by atoms with Crippen molar-refractivity contribution in [1.29, 1.82) is 0 Å². The molecule has 1 aliphatic rings. The number of carbonyl (C=O) groups is 1. The second kappa shape index (κ2) is 8.90. The molecule has 146 valence electrons. The summed E-state index contributed by atoms with van der Waals surface area (Å²) in [5.74, 6) is 0.450. The molecule has 2 heterocycles. The number of anilines is 1. The molecule has 0 fully saturated rings. The third kappa shape index (κ3) is 4.46. The summed E-state index contributed by atoms with van der Waals surface area (Å²) in [6.45, 7) is 4.47. The molecule has 1 amide bonds. The number of nitrogens with one attached hydrogen (secondary N) is 2. The monoisotopic (exact) mass is 460 g/mol. The number of nitrogens with zero attached hydrogens (tertiary/aromatic N) is 2. The van der Waals surface area contributed by atoms with Gasteiger partial charge in [-0.05, 0) is 54.8 Å². The molecule has 0 atom stereocenters. The molecule has 7 heteroatoms. The first-order valence-corrected chi connectivity index (χ1v) is 9.81. The van der Waals surface area contributed by atoms with Gasteiger partial charge in [0.05, 0.1) is 6.54 Å². The molecule has 0 unspecified atom stereocenters. The van der Waals surface area contributed by atoms with E-state index >= 15 is 0 Å². The molecule has 0 radical (unpaired) electrons. The van der Waals surface area contributed by atoms with Crippen LogP contribution < -0.4 is 10.6 Å². The van der Waals surface area contributed by atoms with Gasteiger partial charge in [-0.2, -0.15) is 5.10 Å². The zero-order valence-corrected chi connectivity index (χ0v) is 17.9. The van der Waals surface area contributed by atoms with Crippen LogP contribution in [0, 0.1) is 6.92 Å². The first-order chi connectivity index (χ1) is 13.1. The van der Waals surface area contributed by atoms with Gasteiger partial charge in [0.15, 0.2) is 5.82 Å². The number of hydrogen-bond acceptors (Lipinski definition) is 3. The number of rotatable bonds is 4. The molecular weight excluding hydrogens is 440 g/mol. The third-order valence-electron chi connectivity index (χ3n) is 4.86. The fourth-order valence-electron chi connectivity index (χ4n) is 3.33. The van der Waals surface area contributed by atoms with Gasteiger partial charge in [0.2, 0.25) is 0 Å². The highest BCUT2D eigenvalue weighted by Gasteiger charge is 2.14. The van der Waals surface area contributed by atoms with Gasteiger partial charge in [0.1, 0.15) is 0 Å². The van der Waals surface area contributed by atoms with Crippen LogP contribution >= 0.6 is 28.3 Å². The van der Waals surface area contributed by atoms with E-state index in [1.54, 1.807) is 0 Å². The Morgan fingerprint density at radius 3 is 2.86 bits per heavy atom. The highest BCUT2D eigenvalue weighted by atomic mass is 79.9. The number of hydrogen-bond donors (Lipinski definition) is 2. The molecule has 0 aliphatic carbocycles. The molecule has 5 nitrogen and oxygen atoms in total. The van der Waals surface area contributed by atoms with Gasteiger partial charge < -0.3 is 10.6 Å². The standard InChI is InChI=1S/C21H21BrN4O.ClH/c1-14-10-20(25-26(14)13-18-4-2-3-5-19(18)22)24-21(27)16-6-7-17-12-23-9-8-15(17)11-16;/h2-7,10-11,23H,8-9,12-13H2,1H3,(H,24,25,27);1H. The Hall–Kier alpha value is -2.15. The van der Waals surface area contributed by atoms with Crippen molar-refractivity contribution in [2.24, 2.45) is 0 Å². The lowest BCUT2D eigenvalue weighted by Crippen LogP contribution is -2.24. The van der Waals surface area contributed by atoms with Gasteiger partial charge in [0, 0.05) is 28.3 Å². The second-order valence-electron chi connectivity index (χ2n) is 6.78. The number of aromatic nitrogens is 2. The SMILES string of the molecule is Cc1cc(NC(=O)c2ccc3c(c2)CCNC3)nn1Cc1ccccc1Br.Cl. The van der Waals surface area contributed by atoms with Crippen molar-refractivity contribution in [2.45, 2.75) is 26.4 Å². The Morgan fingerprint density at radius 2 is 2.04 bits per heavy atom. The average molecular weight is 462 g/mol. The van der Waals surface area contributed by atoms with E-state index in [1.165, 1.54) is 11.1 Å². The molecular formula is C21H22BrClN4O. The van der Waals surface area contributed by atoms with Crippen LogP contribution in [0.25, 0.3) is 0 Å². The minimum absolute atomic E-state index is 0. The van der Waals surface area contributed by atoms with Crippen molar-refractivity contribution in [1.82, 2.24) is 15.1 Å². The van der Waals surface area contributed by atoms with Crippen LogP contribution in [-0.4, -0.2) is 22.2 Å². The van der Waals surface area contributed by atoms with Gasteiger partial charge in [-0.3, -0.25) is 9.48 Å². The topological polar surface area (TPSA) is 59.0 Å². The van der Waals surface area contributed by atoms with Gasteiger partial charge in [0.25, 0.3) is 5.91 Å². The summed E-state index contributed by atoms with van der Waals surface area (Å²) >= 11 is 3.57. The summed E-state index contributed by atoms with van der Waals surface area (Å²) in [5.41, 5.74) is 5.33. The van der Waals surface area contributed by atoms with Gasteiger partial charge >= 0.3 is 0 Å². The second-order valence-corrected chi connectivity index (χ2v) is 7.64. The molecule has 28 heavy (non-hydrogen) atoms. The maximum Gasteiger partial charge on any atom is 0.256 e. The van der Waals surface area contributed by atoms with E-state index in [0.29, 0.717) is 17.9 Å². The lowest BCUT2D eigenvalue weighted by atomic mass is 9.98. The molecule has 1 aromatic heterocycles. The predicted octanol–water partition coefficient (Wildman–Crippen LogP) is 4.32. The smallest absolute Gasteiger partial charge is 0.256 e. The van der Waals surface area contributed by atoms with E-state index in [4.69, 9.17) is 0 Å². The van der Waals surface area contributed by atoms with Gasteiger partial charge in [-0.1, -0.05) is 40.2 Å². The van der Waals surface area contributed by atoms with Crippen molar-refractivity contribution in [3.05, 3.63) is 81.0 Å².